The molecule has 122 valence electrons. The van der Waals surface area contributed by atoms with Gasteiger partial charge in [-0.1, -0.05) is 35.9 Å². The third-order valence-electron chi connectivity index (χ3n) is 3.59. The van der Waals surface area contributed by atoms with E-state index in [1.807, 2.05) is 62.4 Å². The van der Waals surface area contributed by atoms with Gasteiger partial charge >= 0.3 is 0 Å². The molecule has 0 aromatic heterocycles. The predicted molar refractivity (Wildman–Crippen MR) is 91.0 cm³/mol. The Morgan fingerprint density at radius 2 is 1.70 bits per heavy atom. The van der Waals surface area contributed by atoms with E-state index in [1.165, 1.54) is 0 Å². The first-order valence-electron chi connectivity index (χ1n) is 7.68. The summed E-state index contributed by atoms with van der Waals surface area (Å²) >= 11 is 0. The van der Waals surface area contributed by atoms with Gasteiger partial charge in [0.2, 0.25) is 0 Å². The third-order valence-corrected chi connectivity index (χ3v) is 3.59. The first kappa shape index (κ1) is 16.9. The van der Waals surface area contributed by atoms with Crippen molar-refractivity contribution in [3.05, 3.63) is 59.7 Å². The van der Waals surface area contributed by atoms with Crippen LogP contribution in [0.25, 0.3) is 0 Å². The Hall–Kier alpha value is -2.49. The Bertz CT molecular complexity index is 637. The van der Waals surface area contributed by atoms with Crippen LogP contribution in [0.3, 0.4) is 0 Å². The number of ether oxygens (including phenoxy) is 2. The van der Waals surface area contributed by atoms with Gasteiger partial charge in [0.25, 0.3) is 5.91 Å². The molecule has 0 saturated heterocycles. The summed E-state index contributed by atoms with van der Waals surface area (Å²) in [6.45, 7) is 5.02. The summed E-state index contributed by atoms with van der Waals surface area (Å²) in [5.41, 5.74) is 2.25. The van der Waals surface area contributed by atoms with E-state index in [-0.39, 0.29) is 12.5 Å². The average Bonchev–Trinajstić information content (AvgIpc) is 2.55. The number of likely N-dealkylation sites (N-methyl/N-ethyl adjacent to an activating group) is 1. The Balaban J connectivity index is 1.72. The summed E-state index contributed by atoms with van der Waals surface area (Å²) in [7, 11) is 1.75. The van der Waals surface area contributed by atoms with E-state index >= 15 is 0 Å². The predicted octanol–water partition coefficient (Wildman–Crippen LogP) is 3.22. The normalized spacial score (nSPS) is 10.2. The lowest BCUT2D eigenvalue weighted by Gasteiger charge is -2.18. The van der Waals surface area contributed by atoms with Crippen molar-refractivity contribution in [3.63, 3.8) is 0 Å². The van der Waals surface area contributed by atoms with Crippen LogP contribution in [0.4, 0.5) is 0 Å². The Kier molecular flexibility index (Phi) is 6.03. The van der Waals surface area contributed by atoms with Crippen molar-refractivity contribution >= 4 is 5.91 Å². The minimum absolute atomic E-state index is 0.0317. The molecule has 0 aliphatic carbocycles. The monoisotopic (exact) mass is 313 g/mol. The highest BCUT2D eigenvalue weighted by molar-refractivity contribution is 5.77. The van der Waals surface area contributed by atoms with Crippen LogP contribution in [0.15, 0.2) is 48.5 Å². The molecule has 0 radical (unpaired) electrons. The van der Waals surface area contributed by atoms with Crippen LogP contribution in [-0.4, -0.2) is 37.6 Å². The van der Waals surface area contributed by atoms with Crippen LogP contribution in [-0.2, 0) is 4.79 Å². The van der Waals surface area contributed by atoms with E-state index in [4.69, 9.17) is 9.47 Å². The van der Waals surface area contributed by atoms with Gasteiger partial charge in [0, 0.05) is 7.05 Å². The van der Waals surface area contributed by atoms with E-state index in [0.717, 1.165) is 16.9 Å². The maximum Gasteiger partial charge on any atom is 0.260 e. The second-order valence-electron chi connectivity index (χ2n) is 5.53. The van der Waals surface area contributed by atoms with E-state index < -0.39 is 0 Å². The van der Waals surface area contributed by atoms with Gasteiger partial charge < -0.3 is 14.4 Å². The van der Waals surface area contributed by atoms with Crippen molar-refractivity contribution in [3.8, 4) is 11.5 Å². The molecule has 2 aromatic carbocycles. The fourth-order valence-corrected chi connectivity index (χ4v) is 2.03. The fraction of sp³-hybridized carbons (Fsp3) is 0.316. The van der Waals surface area contributed by atoms with Crippen LogP contribution in [0, 0.1) is 13.8 Å². The molecule has 0 heterocycles. The number of nitrogens with zero attached hydrogens (tertiary/aromatic N) is 1. The van der Waals surface area contributed by atoms with Crippen molar-refractivity contribution in [2.45, 2.75) is 13.8 Å². The molecule has 0 N–H and O–H groups in total. The minimum atomic E-state index is -0.0704. The highest BCUT2D eigenvalue weighted by atomic mass is 16.5. The molecule has 0 unspecified atom stereocenters. The third kappa shape index (κ3) is 5.33. The molecule has 0 saturated carbocycles. The zero-order valence-electron chi connectivity index (χ0n) is 13.9. The summed E-state index contributed by atoms with van der Waals surface area (Å²) in [4.78, 5) is 13.7. The number of para-hydroxylation sites is 1. The van der Waals surface area contributed by atoms with Crippen LogP contribution in [0.1, 0.15) is 11.1 Å². The highest BCUT2D eigenvalue weighted by Crippen LogP contribution is 2.16. The van der Waals surface area contributed by atoms with Crippen LogP contribution < -0.4 is 9.47 Å². The van der Waals surface area contributed by atoms with E-state index in [2.05, 4.69) is 0 Å². The van der Waals surface area contributed by atoms with E-state index in [1.54, 1.807) is 11.9 Å². The van der Waals surface area contributed by atoms with Crippen LogP contribution in [0.5, 0.6) is 11.5 Å². The maximum absolute atomic E-state index is 12.0. The molecular formula is C19H23NO3. The minimum Gasteiger partial charge on any atom is -0.491 e. The summed E-state index contributed by atoms with van der Waals surface area (Å²) in [5.74, 6) is 1.48. The first-order chi connectivity index (χ1) is 11.1. The topological polar surface area (TPSA) is 38.8 Å². The SMILES string of the molecule is Cc1ccc(OCC(=O)N(C)CCOc2ccccc2C)cc1. The molecule has 23 heavy (non-hydrogen) atoms. The average molecular weight is 313 g/mol. The van der Waals surface area contributed by atoms with Gasteiger partial charge in [0.15, 0.2) is 6.61 Å². The lowest BCUT2D eigenvalue weighted by atomic mass is 10.2. The quantitative estimate of drug-likeness (QED) is 0.788. The molecule has 0 fully saturated rings. The summed E-state index contributed by atoms with van der Waals surface area (Å²) in [6, 6.07) is 15.5. The number of rotatable bonds is 7. The van der Waals surface area contributed by atoms with Crippen molar-refractivity contribution in [2.75, 3.05) is 26.8 Å². The second-order valence-corrected chi connectivity index (χ2v) is 5.53. The molecule has 0 bridgehead atoms. The number of carbonyl (C=O) groups is 1. The molecule has 1 amide bonds. The molecule has 0 atom stereocenters. The zero-order valence-corrected chi connectivity index (χ0v) is 13.9. The summed E-state index contributed by atoms with van der Waals surface area (Å²) in [6.07, 6.45) is 0. The second kappa shape index (κ2) is 8.22. The fourth-order valence-electron chi connectivity index (χ4n) is 2.03. The molecule has 0 aliphatic rings. The van der Waals surface area contributed by atoms with Gasteiger partial charge in [0.1, 0.15) is 18.1 Å². The number of amides is 1. The maximum atomic E-state index is 12.0. The Labute approximate surface area is 137 Å². The Morgan fingerprint density at radius 1 is 1.00 bits per heavy atom. The van der Waals surface area contributed by atoms with Gasteiger partial charge in [0.05, 0.1) is 6.54 Å². The van der Waals surface area contributed by atoms with Crippen molar-refractivity contribution in [2.24, 2.45) is 0 Å². The molecule has 2 aromatic rings. The molecule has 4 heteroatoms. The number of carbonyl (C=O) groups excluding carboxylic acids is 1. The van der Waals surface area contributed by atoms with Crippen LogP contribution in [0.2, 0.25) is 0 Å². The Morgan fingerprint density at radius 3 is 2.39 bits per heavy atom. The molecule has 0 aliphatic heterocycles. The molecular weight excluding hydrogens is 290 g/mol. The largest absolute Gasteiger partial charge is 0.491 e. The van der Waals surface area contributed by atoms with Gasteiger partial charge in [-0.3, -0.25) is 4.79 Å². The van der Waals surface area contributed by atoms with Gasteiger partial charge in [-0.05, 0) is 37.6 Å². The molecule has 0 spiro atoms. The summed E-state index contributed by atoms with van der Waals surface area (Å²) in [5, 5.41) is 0. The van der Waals surface area contributed by atoms with E-state index in [0.29, 0.717) is 18.9 Å². The van der Waals surface area contributed by atoms with Gasteiger partial charge in [-0.15, -0.1) is 0 Å². The molecule has 2 rings (SSSR count). The number of aryl methyl sites for hydroxylation is 2. The number of benzene rings is 2. The van der Waals surface area contributed by atoms with Crippen molar-refractivity contribution < 1.29 is 14.3 Å². The van der Waals surface area contributed by atoms with Crippen LogP contribution >= 0.6 is 0 Å². The van der Waals surface area contributed by atoms with Crippen molar-refractivity contribution in [1.82, 2.24) is 4.90 Å². The molecule has 4 nitrogen and oxygen atoms in total. The van der Waals surface area contributed by atoms with Gasteiger partial charge in [-0.25, -0.2) is 0 Å². The summed E-state index contributed by atoms with van der Waals surface area (Å²) < 4.78 is 11.2. The lowest BCUT2D eigenvalue weighted by molar-refractivity contribution is -0.132. The van der Waals surface area contributed by atoms with Crippen molar-refractivity contribution in [1.29, 1.82) is 0 Å². The zero-order chi connectivity index (χ0) is 16.7. The number of hydrogen-bond donors (Lipinski definition) is 0. The smallest absolute Gasteiger partial charge is 0.260 e. The standard InChI is InChI=1S/C19H23NO3/c1-15-8-10-17(11-9-15)23-14-19(21)20(3)12-13-22-18-7-5-4-6-16(18)2/h4-11H,12-14H2,1-3H3. The number of hydrogen-bond acceptors (Lipinski definition) is 3. The lowest BCUT2D eigenvalue weighted by Crippen LogP contribution is -2.34. The first-order valence-corrected chi connectivity index (χ1v) is 7.68. The van der Waals surface area contributed by atoms with Gasteiger partial charge in [-0.2, -0.15) is 0 Å². The highest BCUT2D eigenvalue weighted by Gasteiger charge is 2.10. The van der Waals surface area contributed by atoms with E-state index in [9.17, 15) is 4.79 Å².